The summed E-state index contributed by atoms with van der Waals surface area (Å²) in [5, 5.41) is 0. The van der Waals surface area contributed by atoms with Crippen LogP contribution in [0.2, 0.25) is 6.04 Å². The molecule has 1 fully saturated rings. The fourth-order valence-corrected chi connectivity index (χ4v) is 4.66. The van der Waals surface area contributed by atoms with Crippen LogP contribution >= 0.6 is 0 Å². The Morgan fingerprint density at radius 2 is 1.47 bits per heavy atom. The van der Waals surface area contributed by atoms with Crippen molar-refractivity contribution in [1.82, 2.24) is 0 Å². The van der Waals surface area contributed by atoms with E-state index in [4.69, 9.17) is 8.85 Å². The summed E-state index contributed by atoms with van der Waals surface area (Å²) in [6.07, 6.45) is 10.5. The van der Waals surface area contributed by atoms with Gasteiger partial charge in [0.25, 0.3) is 0 Å². The van der Waals surface area contributed by atoms with Crippen LogP contribution in [0.25, 0.3) is 0 Å². The van der Waals surface area contributed by atoms with Crippen LogP contribution in [0, 0.1) is 5.92 Å². The van der Waals surface area contributed by atoms with Gasteiger partial charge in [-0.1, -0.05) is 52.4 Å². The van der Waals surface area contributed by atoms with Crippen molar-refractivity contribution in [3.63, 3.8) is 0 Å². The van der Waals surface area contributed by atoms with Crippen LogP contribution in [0.4, 0.5) is 0 Å². The maximum atomic E-state index is 6.01. The number of unbranched alkanes of at least 4 members (excludes halogenated alkanes) is 2. The maximum Gasteiger partial charge on any atom is 0.321 e. The van der Waals surface area contributed by atoms with Crippen molar-refractivity contribution in [1.29, 1.82) is 0 Å². The number of hydrogen-bond acceptors (Lipinski definition) is 2. The van der Waals surface area contributed by atoms with Crippen molar-refractivity contribution in [2.45, 2.75) is 71.3 Å². The molecular weight excluding hydrogens is 228 g/mol. The molecule has 0 amide bonds. The van der Waals surface area contributed by atoms with Gasteiger partial charge in [-0.15, -0.1) is 0 Å². The number of hydrogen-bond donors (Lipinski definition) is 0. The molecule has 0 aromatic carbocycles. The van der Waals surface area contributed by atoms with Crippen LogP contribution in [0.15, 0.2) is 0 Å². The van der Waals surface area contributed by atoms with Gasteiger partial charge in [-0.3, -0.25) is 0 Å². The summed E-state index contributed by atoms with van der Waals surface area (Å²) in [7, 11) is -1.35. The molecule has 0 radical (unpaired) electrons. The van der Waals surface area contributed by atoms with E-state index in [0.29, 0.717) is 0 Å². The van der Waals surface area contributed by atoms with Crippen molar-refractivity contribution in [2.75, 3.05) is 13.2 Å². The summed E-state index contributed by atoms with van der Waals surface area (Å²) >= 11 is 0. The minimum atomic E-state index is -1.35. The summed E-state index contributed by atoms with van der Waals surface area (Å²) < 4.78 is 12.0. The summed E-state index contributed by atoms with van der Waals surface area (Å²) in [4.78, 5) is 0. The van der Waals surface area contributed by atoms with Crippen LogP contribution in [0.1, 0.15) is 65.2 Å². The average Bonchev–Trinajstić information content (AvgIpc) is 2.82. The maximum absolute atomic E-state index is 6.01. The lowest BCUT2D eigenvalue weighted by atomic mass is 10.1. The molecule has 0 aliphatic heterocycles. The molecule has 0 bridgehead atoms. The Kier molecular flexibility index (Phi) is 9.02. The highest BCUT2D eigenvalue weighted by Gasteiger charge is 2.23. The fourth-order valence-electron chi connectivity index (χ4n) is 2.42. The summed E-state index contributed by atoms with van der Waals surface area (Å²) in [5.74, 6) is 0.912. The minimum absolute atomic E-state index is 0.912. The van der Waals surface area contributed by atoms with Crippen LogP contribution in [-0.4, -0.2) is 22.5 Å². The predicted octanol–water partition coefficient (Wildman–Crippen LogP) is 4.03. The molecule has 1 rings (SSSR count). The molecule has 0 saturated heterocycles. The van der Waals surface area contributed by atoms with E-state index in [1.165, 1.54) is 57.4 Å². The van der Waals surface area contributed by atoms with Crippen LogP contribution in [0.5, 0.6) is 0 Å². The second-order valence-electron chi connectivity index (χ2n) is 5.26. The lowest BCUT2D eigenvalue weighted by Gasteiger charge is -2.19. The first-order valence-electron chi connectivity index (χ1n) is 7.60. The molecule has 0 aromatic heterocycles. The Hall–Kier alpha value is 0.137. The predicted molar refractivity (Wildman–Crippen MR) is 75.6 cm³/mol. The highest BCUT2D eigenvalue weighted by Crippen LogP contribution is 2.29. The van der Waals surface area contributed by atoms with E-state index in [-0.39, 0.29) is 0 Å². The molecule has 1 aliphatic rings. The molecule has 17 heavy (non-hydrogen) atoms. The van der Waals surface area contributed by atoms with E-state index < -0.39 is 9.28 Å². The Bertz CT molecular complexity index is 160. The zero-order chi connectivity index (χ0) is 12.3. The fraction of sp³-hybridized carbons (Fsp3) is 1.00. The topological polar surface area (TPSA) is 18.5 Å². The average molecular weight is 258 g/mol. The Morgan fingerprint density at radius 1 is 0.941 bits per heavy atom. The Balaban J connectivity index is 2.18. The van der Waals surface area contributed by atoms with Gasteiger partial charge in [-0.2, -0.15) is 0 Å². The third-order valence-electron chi connectivity index (χ3n) is 3.60. The molecule has 0 unspecified atom stereocenters. The molecule has 1 saturated carbocycles. The Labute approximate surface area is 109 Å². The van der Waals surface area contributed by atoms with Gasteiger partial charge in [0.1, 0.15) is 0 Å². The van der Waals surface area contributed by atoms with E-state index in [1.807, 2.05) is 0 Å². The van der Waals surface area contributed by atoms with Crippen LogP contribution in [0.3, 0.4) is 0 Å². The molecule has 0 N–H and O–H groups in total. The van der Waals surface area contributed by atoms with Gasteiger partial charge in [-0.25, -0.2) is 0 Å². The van der Waals surface area contributed by atoms with Gasteiger partial charge in [0, 0.05) is 13.2 Å². The second-order valence-corrected chi connectivity index (χ2v) is 7.26. The third-order valence-corrected chi connectivity index (χ3v) is 5.87. The molecule has 3 heteroatoms. The molecule has 0 aromatic rings. The minimum Gasteiger partial charge on any atom is -0.397 e. The van der Waals surface area contributed by atoms with Crippen molar-refractivity contribution >= 4 is 9.28 Å². The molecule has 0 spiro atoms. The van der Waals surface area contributed by atoms with Gasteiger partial charge in [0.15, 0.2) is 0 Å². The first-order valence-corrected chi connectivity index (χ1v) is 9.36. The lowest BCUT2D eigenvalue weighted by Crippen LogP contribution is -2.26. The van der Waals surface area contributed by atoms with Crippen molar-refractivity contribution in [3.8, 4) is 0 Å². The smallest absolute Gasteiger partial charge is 0.321 e. The number of rotatable bonds is 10. The monoisotopic (exact) mass is 258 g/mol. The zero-order valence-corrected chi connectivity index (χ0v) is 12.9. The first-order chi connectivity index (χ1) is 8.36. The highest BCUT2D eigenvalue weighted by atomic mass is 28.3. The normalized spacial score (nSPS) is 17.1. The van der Waals surface area contributed by atoms with E-state index >= 15 is 0 Å². The van der Waals surface area contributed by atoms with Crippen LogP contribution < -0.4 is 0 Å². The van der Waals surface area contributed by atoms with Crippen molar-refractivity contribution < 1.29 is 8.85 Å². The molecule has 0 heterocycles. The molecule has 1 aliphatic carbocycles. The molecule has 102 valence electrons. The third kappa shape index (κ3) is 7.22. The molecular formula is C14H30O2Si. The lowest BCUT2D eigenvalue weighted by molar-refractivity contribution is 0.187. The van der Waals surface area contributed by atoms with E-state index in [1.54, 1.807) is 0 Å². The SMILES string of the molecule is CCCCO[SiH](CC1CCCC1)OCCCC. The first kappa shape index (κ1) is 15.2. The quantitative estimate of drug-likeness (QED) is 0.435. The Morgan fingerprint density at radius 3 is 1.94 bits per heavy atom. The van der Waals surface area contributed by atoms with Gasteiger partial charge >= 0.3 is 9.28 Å². The van der Waals surface area contributed by atoms with Gasteiger partial charge in [-0.05, 0) is 24.8 Å². The largest absolute Gasteiger partial charge is 0.397 e. The standard InChI is InChI=1S/C14H30O2Si/c1-3-5-11-15-17(16-12-6-4-2)13-14-9-7-8-10-14/h14,17H,3-13H2,1-2H3. The van der Waals surface area contributed by atoms with E-state index in [9.17, 15) is 0 Å². The molecule has 2 nitrogen and oxygen atoms in total. The zero-order valence-electron chi connectivity index (χ0n) is 11.7. The van der Waals surface area contributed by atoms with Gasteiger partial charge < -0.3 is 8.85 Å². The summed E-state index contributed by atoms with van der Waals surface area (Å²) in [6.45, 7) is 6.28. The summed E-state index contributed by atoms with van der Waals surface area (Å²) in [6, 6.07) is 1.26. The molecule has 0 atom stereocenters. The van der Waals surface area contributed by atoms with Crippen molar-refractivity contribution in [2.24, 2.45) is 5.92 Å². The van der Waals surface area contributed by atoms with Gasteiger partial charge in [0.2, 0.25) is 0 Å². The second kappa shape index (κ2) is 10.1. The summed E-state index contributed by atoms with van der Waals surface area (Å²) in [5.41, 5.74) is 0. The van der Waals surface area contributed by atoms with Gasteiger partial charge in [0.05, 0.1) is 0 Å². The van der Waals surface area contributed by atoms with E-state index in [0.717, 1.165) is 19.1 Å². The van der Waals surface area contributed by atoms with E-state index in [2.05, 4.69) is 13.8 Å². The van der Waals surface area contributed by atoms with Crippen molar-refractivity contribution in [3.05, 3.63) is 0 Å². The highest BCUT2D eigenvalue weighted by molar-refractivity contribution is 6.44. The van der Waals surface area contributed by atoms with Crippen LogP contribution in [-0.2, 0) is 8.85 Å².